The highest BCUT2D eigenvalue weighted by molar-refractivity contribution is 4.88. The van der Waals surface area contributed by atoms with Gasteiger partial charge >= 0.3 is 0 Å². The average molecular weight is 240 g/mol. The largest absolute Gasteiger partial charge is 0.391 e. The summed E-state index contributed by atoms with van der Waals surface area (Å²) in [6.07, 6.45) is 4.62. The van der Waals surface area contributed by atoms with E-state index in [1.165, 1.54) is 19.3 Å². The van der Waals surface area contributed by atoms with Gasteiger partial charge in [0, 0.05) is 37.8 Å². The third-order valence-corrected chi connectivity index (χ3v) is 4.43. The van der Waals surface area contributed by atoms with Gasteiger partial charge in [0.2, 0.25) is 0 Å². The molecule has 2 rings (SSSR count). The maximum absolute atomic E-state index is 10.1. The number of rotatable bonds is 1. The van der Waals surface area contributed by atoms with Gasteiger partial charge in [-0.1, -0.05) is 12.8 Å². The van der Waals surface area contributed by atoms with E-state index in [-0.39, 0.29) is 11.6 Å². The van der Waals surface area contributed by atoms with E-state index in [1.54, 1.807) is 0 Å². The van der Waals surface area contributed by atoms with Gasteiger partial charge in [0.15, 0.2) is 0 Å². The smallest absolute Gasteiger partial charge is 0.0695 e. The first-order valence-corrected chi connectivity index (χ1v) is 7.15. The lowest BCUT2D eigenvalue weighted by atomic mass is 9.91. The van der Waals surface area contributed by atoms with E-state index < -0.39 is 0 Å². The molecule has 0 amide bonds. The molecule has 0 aromatic carbocycles. The lowest BCUT2D eigenvalue weighted by Gasteiger charge is -2.46. The average Bonchev–Trinajstić information content (AvgIpc) is 2.29. The third-order valence-electron chi connectivity index (χ3n) is 4.43. The normalized spacial score (nSPS) is 33.9. The molecule has 1 saturated carbocycles. The molecule has 3 heteroatoms. The number of aliphatic hydroxyl groups is 1. The Morgan fingerprint density at radius 1 is 0.941 bits per heavy atom. The second kappa shape index (κ2) is 5.25. The van der Waals surface area contributed by atoms with Crippen molar-refractivity contribution in [1.82, 2.24) is 9.80 Å². The van der Waals surface area contributed by atoms with Crippen molar-refractivity contribution in [3.63, 3.8) is 0 Å². The van der Waals surface area contributed by atoms with Crippen LogP contribution >= 0.6 is 0 Å². The van der Waals surface area contributed by atoms with Crippen molar-refractivity contribution in [3.05, 3.63) is 0 Å². The van der Waals surface area contributed by atoms with Gasteiger partial charge in [-0.15, -0.1) is 0 Å². The van der Waals surface area contributed by atoms with E-state index in [0.717, 1.165) is 32.6 Å². The molecule has 17 heavy (non-hydrogen) atoms. The zero-order valence-electron chi connectivity index (χ0n) is 11.7. The summed E-state index contributed by atoms with van der Waals surface area (Å²) in [5.41, 5.74) is 0.289. The van der Waals surface area contributed by atoms with Crippen LogP contribution in [-0.2, 0) is 0 Å². The monoisotopic (exact) mass is 240 g/mol. The lowest BCUT2D eigenvalue weighted by molar-refractivity contribution is -0.0192. The van der Waals surface area contributed by atoms with E-state index in [0.29, 0.717) is 6.04 Å². The predicted molar refractivity (Wildman–Crippen MR) is 71.2 cm³/mol. The van der Waals surface area contributed by atoms with Crippen molar-refractivity contribution >= 4 is 0 Å². The summed E-state index contributed by atoms with van der Waals surface area (Å²) < 4.78 is 0. The van der Waals surface area contributed by atoms with E-state index in [4.69, 9.17) is 0 Å². The summed E-state index contributed by atoms with van der Waals surface area (Å²) in [6, 6.07) is 0.436. The van der Waals surface area contributed by atoms with Crippen molar-refractivity contribution in [1.29, 1.82) is 0 Å². The standard InChI is InChI=1S/C14H28N2O/c1-14(2,3)16-10-8-15(9-11-16)12-6-4-5-7-13(12)17/h12-13,17H,4-11H2,1-3H3/t12-,13-/m0/s1. The first-order valence-electron chi connectivity index (χ1n) is 7.15. The summed E-state index contributed by atoms with van der Waals surface area (Å²) in [5.74, 6) is 0. The molecule has 1 N–H and O–H groups in total. The molecule has 2 fully saturated rings. The van der Waals surface area contributed by atoms with E-state index >= 15 is 0 Å². The van der Waals surface area contributed by atoms with Crippen molar-refractivity contribution in [2.45, 2.75) is 64.1 Å². The Hall–Kier alpha value is -0.120. The minimum absolute atomic E-state index is 0.0788. The molecule has 3 nitrogen and oxygen atoms in total. The number of hydrogen-bond donors (Lipinski definition) is 1. The Morgan fingerprint density at radius 2 is 1.53 bits per heavy atom. The minimum atomic E-state index is -0.0788. The van der Waals surface area contributed by atoms with Crippen LogP contribution in [0.3, 0.4) is 0 Å². The van der Waals surface area contributed by atoms with Crippen LogP contribution in [0.25, 0.3) is 0 Å². The fourth-order valence-corrected chi connectivity index (χ4v) is 3.24. The molecule has 1 aliphatic carbocycles. The van der Waals surface area contributed by atoms with Gasteiger partial charge in [0.25, 0.3) is 0 Å². The van der Waals surface area contributed by atoms with Gasteiger partial charge in [-0.05, 0) is 33.6 Å². The summed E-state index contributed by atoms with van der Waals surface area (Å²) in [7, 11) is 0. The van der Waals surface area contributed by atoms with E-state index in [9.17, 15) is 5.11 Å². The van der Waals surface area contributed by atoms with Crippen LogP contribution in [0.4, 0.5) is 0 Å². The van der Waals surface area contributed by atoms with E-state index in [1.807, 2.05) is 0 Å². The Kier molecular flexibility index (Phi) is 4.11. The van der Waals surface area contributed by atoms with Gasteiger partial charge in [-0.3, -0.25) is 9.80 Å². The number of hydrogen-bond acceptors (Lipinski definition) is 3. The molecule has 0 aromatic heterocycles. The first kappa shape index (κ1) is 13.3. The molecule has 0 unspecified atom stereocenters. The summed E-state index contributed by atoms with van der Waals surface area (Å²) in [6.45, 7) is 11.4. The van der Waals surface area contributed by atoms with E-state index in [2.05, 4.69) is 30.6 Å². The molecular weight excluding hydrogens is 212 g/mol. The van der Waals surface area contributed by atoms with Crippen molar-refractivity contribution < 1.29 is 5.11 Å². The van der Waals surface area contributed by atoms with Crippen molar-refractivity contribution in [2.75, 3.05) is 26.2 Å². The highest BCUT2D eigenvalue weighted by atomic mass is 16.3. The Morgan fingerprint density at radius 3 is 2.06 bits per heavy atom. The van der Waals surface area contributed by atoms with Crippen LogP contribution < -0.4 is 0 Å². The van der Waals surface area contributed by atoms with Gasteiger partial charge in [0.1, 0.15) is 0 Å². The Balaban J connectivity index is 1.86. The highest BCUT2D eigenvalue weighted by Crippen LogP contribution is 2.25. The van der Waals surface area contributed by atoms with Gasteiger partial charge in [-0.25, -0.2) is 0 Å². The topological polar surface area (TPSA) is 26.7 Å². The third kappa shape index (κ3) is 3.21. The maximum atomic E-state index is 10.1. The highest BCUT2D eigenvalue weighted by Gasteiger charge is 2.33. The molecule has 100 valence electrons. The molecule has 2 atom stereocenters. The van der Waals surface area contributed by atoms with Crippen LogP contribution in [0, 0.1) is 0 Å². The molecule has 1 aliphatic heterocycles. The second-order valence-electron chi connectivity index (χ2n) is 6.61. The van der Waals surface area contributed by atoms with Crippen molar-refractivity contribution in [2.24, 2.45) is 0 Å². The molecule has 0 bridgehead atoms. The first-order chi connectivity index (χ1) is 7.98. The molecule has 0 spiro atoms. The van der Waals surface area contributed by atoms with Crippen LogP contribution in [0.2, 0.25) is 0 Å². The number of nitrogens with zero attached hydrogens (tertiary/aromatic N) is 2. The zero-order valence-corrected chi connectivity index (χ0v) is 11.7. The van der Waals surface area contributed by atoms with Crippen LogP contribution in [-0.4, -0.2) is 58.8 Å². The molecule has 0 aromatic rings. The molecule has 2 aliphatic rings. The molecular formula is C14H28N2O. The fourth-order valence-electron chi connectivity index (χ4n) is 3.24. The fraction of sp³-hybridized carbons (Fsp3) is 1.00. The molecule has 1 saturated heterocycles. The van der Waals surface area contributed by atoms with Gasteiger partial charge in [0.05, 0.1) is 6.10 Å². The van der Waals surface area contributed by atoms with Crippen LogP contribution in [0.1, 0.15) is 46.5 Å². The molecule has 0 radical (unpaired) electrons. The van der Waals surface area contributed by atoms with Gasteiger partial charge in [-0.2, -0.15) is 0 Å². The Labute approximate surface area is 106 Å². The maximum Gasteiger partial charge on any atom is 0.0695 e. The lowest BCUT2D eigenvalue weighted by Crippen LogP contribution is -2.58. The Bertz CT molecular complexity index is 241. The summed E-state index contributed by atoms with van der Waals surface area (Å²) in [4.78, 5) is 5.07. The summed E-state index contributed by atoms with van der Waals surface area (Å²) in [5, 5.41) is 10.1. The zero-order chi connectivity index (χ0) is 12.5. The quantitative estimate of drug-likeness (QED) is 0.756. The molecule has 1 heterocycles. The van der Waals surface area contributed by atoms with Gasteiger partial charge < -0.3 is 5.11 Å². The minimum Gasteiger partial charge on any atom is -0.391 e. The SMILES string of the molecule is CC(C)(C)N1CCN([C@H]2CCCC[C@@H]2O)CC1. The number of piperazine rings is 1. The van der Waals surface area contributed by atoms with Crippen LogP contribution in [0.5, 0.6) is 0 Å². The number of aliphatic hydroxyl groups excluding tert-OH is 1. The van der Waals surface area contributed by atoms with Crippen LogP contribution in [0.15, 0.2) is 0 Å². The second-order valence-corrected chi connectivity index (χ2v) is 6.61. The van der Waals surface area contributed by atoms with Crippen molar-refractivity contribution in [3.8, 4) is 0 Å². The summed E-state index contributed by atoms with van der Waals surface area (Å²) >= 11 is 0. The predicted octanol–water partition coefficient (Wildman–Crippen LogP) is 1.71.